The van der Waals surface area contributed by atoms with Gasteiger partial charge in [-0.05, 0) is 0 Å². The number of hydrogen-bond acceptors (Lipinski definition) is 6. The van der Waals surface area contributed by atoms with Crippen LogP contribution >= 0.6 is 0 Å². The molecule has 9 nitrogen and oxygen atoms in total. The Balaban J connectivity index is 2.47. The molecule has 2 rings (SSSR count). The first kappa shape index (κ1) is 14.5. The van der Waals surface area contributed by atoms with Gasteiger partial charge in [0.25, 0.3) is 0 Å². The van der Waals surface area contributed by atoms with Gasteiger partial charge in [-0.25, -0.2) is 9.12 Å². The van der Waals surface area contributed by atoms with Crippen molar-refractivity contribution in [2.75, 3.05) is 19.0 Å². The van der Waals surface area contributed by atoms with Gasteiger partial charge in [0, 0.05) is 10.9 Å². The largest absolute Gasteiger partial charge is 0.739 e. The van der Waals surface area contributed by atoms with Gasteiger partial charge in [0.15, 0.2) is 17.1 Å². The summed E-state index contributed by atoms with van der Waals surface area (Å²) in [6.45, 7) is -0.0889. The maximum Gasteiger partial charge on any atom is 0.460 e. The minimum Gasteiger partial charge on any atom is -0.739 e. The third-order valence-electron chi connectivity index (χ3n) is 2.67. The van der Waals surface area contributed by atoms with Crippen LogP contribution in [0.1, 0.15) is 6.42 Å². The molecule has 0 amide bonds. The van der Waals surface area contributed by atoms with Crippen LogP contribution < -0.4 is 19.6 Å². The molecule has 0 spiro atoms. The lowest BCUT2D eigenvalue weighted by Crippen LogP contribution is -2.44. The number of carboxylic acids is 1. The van der Waals surface area contributed by atoms with Crippen LogP contribution in [-0.2, 0) is 4.79 Å². The van der Waals surface area contributed by atoms with Crippen molar-refractivity contribution in [3.63, 3.8) is 0 Å². The summed E-state index contributed by atoms with van der Waals surface area (Å²) >= 11 is 0. The summed E-state index contributed by atoms with van der Waals surface area (Å²) in [5.74, 6) is -2.45. The highest BCUT2D eigenvalue weighted by Crippen LogP contribution is 2.20. The number of hydrogen-bond donors (Lipinski definition) is 2. The van der Waals surface area contributed by atoms with Crippen LogP contribution in [0, 0.1) is 16.2 Å². The van der Waals surface area contributed by atoms with E-state index >= 15 is 0 Å². The topological polar surface area (TPSA) is 125 Å². The zero-order chi connectivity index (χ0) is 15.6. The number of carbonyl (C=O) groups is 1. The minimum atomic E-state index is -1.07. The number of benzene rings is 1. The quantitative estimate of drug-likeness (QED) is 0.565. The lowest BCUT2D eigenvalue weighted by atomic mass is 10.3. The van der Waals surface area contributed by atoms with Gasteiger partial charge in [-0.3, -0.25) is 10.1 Å². The number of fused-ring (bicyclic) bond motifs is 1. The second-order valence-electron chi connectivity index (χ2n) is 4.04. The van der Waals surface area contributed by atoms with E-state index in [-0.39, 0.29) is 45.3 Å². The fraction of sp³-hybridized carbons (Fsp3) is 0.273. The van der Waals surface area contributed by atoms with Gasteiger partial charge in [-0.15, -0.1) is 0 Å². The fourth-order valence-corrected chi connectivity index (χ4v) is 1.69. The first-order valence-corrected chi connectivity index (χ1v) is 5.80. The number of nitrogens with zero attached hydrogens (tertiary/aromatic N) is 3. The maximum atomic E-state index is 13.5. The monoisotopic (exact) mass is 298 g/mol. The summed E-state index contributed by atoms with van der Waals surface area (Å²) in [5.41, 5.74) is -0.428. The molecule has 0 atom stereocenters. The normalized spacial score (nSPS) is 10.6. The van der Waals surface area contributed by atoms with Gasteiger partial charge < -0.3 is 20.3 Å². The average Bonchev–Trinajstić information content (AvgIpc) is 2.43. The Kier molecular flexibility index (Phi) is 3.87. The van der Waals surface area contributed by atoms with Gasteiger partial charge in [0.1, 0.15) is 0 Å². The lowest BCUT2D eigenvalue weighted by molar-refractivity contribution is -0.672. The van der Waals surface area contributed by atoms with Crippen molar-refractivity contribution in [1.82, 2.24) is 5.10 Å². The molecule has 0 saturated heterocycles. The van der Waals surface area contributed by atoms with Gasteiger partial charge >= 0.3 is 17.4 Å². The first-order valence-electron chi connectivity index (χ1n) is 5.80. The molecule has 2 aromatic rings. The molecule has 1 heterocycles. The molecule has 10 heteroatoms. The highest BCUT2D eigenvalue weighted by molar-refractivity contribution is 5.70. The minimum absolute atomic E-state index is 0.0787. The second-order valence-corrected chi connectivity index (χ2v) is 4.04. The first-order chi connectivity index (χ1) is 9.93. The van der Waals surface area contributed by atoms with Crippen molar-refractivity contribution in [2.24, 2.45) is 0 Å². The Morgan fingerprint density at radius 3 is 2.81 bits per heavy atom. The van der Waals surface area contributed by atoms with Crippen molar-refractivity contribution >= 4 is 23.0 Å². The third-order valence-corrected chi connectivity index (χ3v) is 2.67. The summed E-state index contributed by atoms with van der Waals surface area (Å²) < 4.78 is 18.5. The van der Waals surface area contributed by atoms with E-state index in [2.05, 4.69) is 10.4 Å². The predicted molar refractivity (Wildman–Crippen MR) is 66.9 cm³/mol. The average molecular weight is 298 g/mol. The molecule has 0 aliphatic heterocycles. The van der Waals surface area contributed by atoms with E-state index in [0.717, 1.165) is 12.1 Å². The molecule has 0 aliphatic carbocycles. The van der Waals surface area contributed by atoms with Crippen LogP contribution in [-0.4, -0.2) is 29.8 Å². The molecule has 0 saturated carbocycles. The van der Waals surface area contributed by atoms with Crippen molar-refractivity contribution in [1.29, 1.82) is 0 Å². The summed E-state index contributed by atoms with van der Waals surface area (Å²) in [4.78, 5) is 10.5. The van der Waals surface area contributed by atoms with Crippen LogP contribution in [0.3, 0.4) is 0 Å². The highest BCUT2D eigenvalue weighted by Gasteiger charge is 2.22. The Morgan fingerprint density at radius 2 is 2.19 bits per heavy atom. The number of ether oxygens (including phenoxy) is 1. The van der Waals surface area contributed by atoms with E-state index in [1.807, 2.05) is 0 Å². The number of carboxylic acid groups (broad SMARTS) is 1. The molecular formula is C11H11FN4O5. The lowest BCUT2D eigenvalue weighted by Gasteiger charge is -2.11. The maximum absolute atomic E-state index is 13.5. The van der Waals surface area contributed by atoms with Crippen LogP contribution in [0.4, 0.5) is 10.3 Å². The van der Waals surface area contributed by atoms with Crippen molar-refractivity contribution in [2.45, 2.75) is 6.42 Å². The number of aliphatic carboxylic acids is 1. The molecule has 21 heavy (non-hydrogen) atoms. The number of anilines is 1. The fourth-order valence-electron chi connectivity index (χ4n) is 1.69. The predicted octanol–water partition coefficient (Wildman–Crippen LogP) is -0.464. The number of aromatic nitrogens is 3. The molecule has 112 valence electrons. The van der Waals surface area contributed by atoms with Gasteiger partial charge in [0.05, 0.1) is 26.1 Å². The summed E-state index contributed by atoms with van der Waals surface area (Å²) in [5, 5.41) is 38.1. The third kappa shape index (κ3) is 2.83. The van der Waals surface area contributed by atoms with Gasteiger partial charge in [0.2, 0.25) is 5.10 Å². The SMILES string of the molecule is COc1cc2c(cc1F)[n+]([O-])nc(NCCC(=O)O)[n+]2[O-]. The van der Waals surface area contributed by atoms with E-state index in [1.165, 1.54) is 7.11 Å². The smallest absolute Gasteiger partial charge is 0.460 e. The number of rotatable bonds is 5. The van der Waals surface area contributed by atoms with Crippen LogP contribution in [0.2, 0.25) is 0 Å². The molecule has 0 radical (unpaired) electrons. The highest BCUT2D eigenvalue weighted by atomic mass is 19.1. The van der Waals surface area contributed by atoms with Crippen molar-refractivity contribution < 1.29 is 28.6 Å². The number of nitrogens with one attached hydrogen (secondary N) is 1. The van der Waals surface area contributed by atoms with E-state index in [1.54, 1.807) is 0 Å². The molecule has 0 aliphatic rings. The second kappa shape index (κ2) is 5.61. The molecule has 2 N–H and O–H groups in total. The number of methoxy groups -OCH3 is 1. The van der Waals surface area contributed by atoms with Gasteiger partial charge in [-0.1, -0.05) is 0 Å². The Labute approximate surface area is 117 Å². The summed E-state index contributed by atoms with van der Waals surface area (Å²) in [6, 6.07) is 1.90. The van der Waals surface area contributed by atoms with E-state index in [9.17, 15) is 19.6 Å². The molecule has 0 unspecified atom stereocenters. The zero-order valence-electron chi connectivity index (χ0n) is 10.9. The van der Waals surface area contributed by atoms with Crippen molar-refractivity contribution in [3.05, 3.63) is 28.4 Å². The van der Waals surface area contributed by atoms with Crippen LogP contribution in [0.15, 0.2) is 12.1 Å². The summed E-state index contributed by atoms with van der Waals surface area (Å²) in [7, 11) is 1.22. The Morgan fingerprint density at radius 1 is 1.48 bits per heavy atom. The van der Waals surface area contributed by atoms with E-state index in [4.69, 9.17) is 9.84 Å². The molecule has 1 aromatic carbocycles. The molecule has 0 fully saturated rings. The van der Waals surface area contributed by atoms with Crippen LogP contribution in [0.25, 0.3) is 11.0 Å². The molecule has 1 aromatic heterocycles. The van der Waals surface area contributed by atoms with Crippen molar-refractivity contribution in [3.8, 4) is 5.75 Å². The number of halogens is 1. The molecule has 0 bridgehead atoms. The standard InChI is InChI=1S/C11H11FN4O5/c1-21-9-5-7-8(4-6(9)12)16(20)14-11(15(7)19)13-3-2-10(17)18/h4-5H,2-3H2,1H3,(H,13,14)(H,17,18). The van der Waals surface area contributed by atoms with Gasteiger partial charge in [-0.2, -0.15) is 0 Å². The van der Waals surface area contributed by atoms with Crippen LogP contribution in [0.5, 0.6) is 5.75 Å². The van der Waals surface area contributed by atoms with E-state index < -0.39 is 11.8 Å². The zero-order valence-corrected chi connectivity index (χ0v) is 10.9. The van der Waals surface area contributed by atoms with E-state index in [0.29, 0.717) is 0 Å². The Bertz CT molecular complexity index is 709. The molecular weight excluding hydrogens is 287 g/mol. The Hall–Kier alpha value is -2.91. The summed E-state index contributed by atoms with van der Waals surface area (Å²) in [6.07, 6.45) is -0.259.